The summed E-state index contributed by atoms with van der Waals surface area (Å²) in [4.78, 5) is 19.3. The summed E-state index contributed by atoms with van der Waals surface area (Å²) < 4.78 is 0. The molecule has 1 aromatic heterocycles. The molecule has 1 fully saturated rings. The molecule has 1 saturated heterocycles. The zero-order valence-corrected chi connectivity index (χ0v) is 18.3. The first-order chi connectivity index (χ1) is 14.2. The van der Waals surface area contributed by atoms with Crippen LogP contribution in [0, 0.1) is 0 Å². The van der Waals surface area contributed by atoms with Gasteiger partial charge < -0.3 is 10.2 Å². The van der Waals surface area contributed by atoms with E-state index in [-0.39, 0.29) is 12.3 Å². The van der Waals surface area contributed by atoms with Crippen molar-refractivity contribution in [2.24, 2.45) is 0 Å². The van der Waals surface area contributed by atoms with E-state index in [1.807, 2.05) is 53.5 Å². The van der Waals surface area contributed by atoms with Gasteiger partial charge in [0.25, 0.3) is 0 Å². The topological polar surface area (TPSA) is 45.2 Å². The minimum absolute atomic E-state index is 0.0836. The summed E-state index contributed by atoms with van der Waals surface area (Å²) in [6.07, 6.45) is 1.05. The van der Waals surface area contributed by atoms with E-state index in [2.05, 4.69) is 27.3 Å². The minimum atomic E-state index is -0.0836. The zero-order valence-electron chi connectivity index (χ0n) is 15.9. The lowest BCUT2D eigenvalue weighted by atomic mass is 10.2. The monoisotopic (exact) mass is 443 g/mol. The molecule has 150 valence electrons. The molecule has 0 saturated carbocycles. The Hall–Kier alpha value is -2.02. The van der Waals surface area contributed by atoms with Gasteiger partial charge in [-0.1, -0.05) is 41.9 Å². The van der Waals surface area contributed by atoms with Crippen LogP contribution in [0.1, 0.15) is 16.3 Å². The molecule has 7 heteroatoms. The number of benzene rings is 2. The SMILES string of the molecule is O=C(Cc1csc(Cc2ccccc2)n1)Nc1ccc(N2CCSCC2)c(Cl)c1. The number of hydrogen-bond donors (Lipinski definition) is 1. The van der Waals surface area contributed by atoms with Gasteiger partial charge in [-0.05, 0) is 23.8 Å². The molecule has 0 radical (unpaired) electrons. The average molecular weight is 444 g/mol. The fourth-order valence-electron chi connectivity index (χ4n) is 3.30. The highest BCUT2D eigenvalue weighted by atomic mass is 35.5. The van der Waals surface area contributed by atoms with Crippen LogP contribution < -0.4 is 10.2 Å². The van der Waals surface area contributed by atoms with Crippen LogP contribution in [0.25, 0.3) is 0 Å². The van der Waals surface area contributed by atoms with Gasteiger partial charge >= 0.3 is 0 Å². The van der Waals surface area contributed by atoms with Gasteiger partial charge in [-0.15, -0.1) is 11.3 Å². The van der Waals surface area contributed by atoms with Gasteiger partial charge in [0, 0.05) is 42.1 Å². The summed E-state index contributed by atoms with van der Waals surface area (Å²) in [6.45, 7) is 2.01. The van der Waals surface area contributed by atoms with Gasteiger partial charge in [0.15, 0.2) is 0 Å². The molecular formula is C22H22ClN3OS2. The third-order valence-corrected chi connectivity index (χ3v) is 6.87. The third kappa shape index (κ3) is 5.53. The van der Waals surface area contributed by atoms with E-state index in [0.717, 1.165) is 53.1 Å². The van der Waals surface area contributed by atoms with Crippen LogP contribution in [-0.4, -0.2) is 35.5 Å². The molecule has 1 aliphatic heterocycles. The van der Waals surface area contributed by atoms with Gasteiger partial charge in [0.1, 0.15) is 0 Å². The molecular weight excluding hydrogens is 422 g/mol. The number of rotatable bonds is 6. The first-order valence-corrected chi connectivity index (χ1v) is 12.0. The summed E-state index contributed by atoms with van der Waals surface area (Å²) in [5.74, 6) is 2.16. The highest BCUT2D eigenvalue weighted by Gasteiger charge is 2.15. The number of amides is 1. The van der Waals surface area contributed by atoms with Gasteiger partial charge in [0.05, 0.1) is 27.8 Å². The van der Waals surface area contributed by atoms with Crippen molar-refractivity contribution in [1.82, 2.24) is 4.98 Å². The maximum absolute atomic E-state index is 12.4. The average Bonchev–Trinajstić information content (AvgIpc) is 3.16. The molecule has 4 nitrogen and oxygen atoms in total. The predicted molar refractivity (Wildman–Crippen MR) is 125 cm³/mol. The van der Waals surface area contributed by atoms with Crippen molar-refractivity contribution in [2.75, 3.05) is 34.8 Å². The molecule has 29 heavy (non-hydrogen) atoms. The van der Waals surface area contributed by atoms with Crippen molar-refractivity contribution in [3.8, 4) is 0 Å². The Morgan fingerprint density at radius 2 is 1.93 bits per heavy atom. The second-order valence-electron chi connectivity index (χ2n) is 6.89. The molecule has 3 aromatic rings. The summed E-state index contributed by atoms with van der Waals surface area (Å²) >= 11 is 10.0. The third-order valence-electron chi connectivity index (χ3n) is 4.72. The number of carbonyl (C=O) groups excluding carboxylic acids is 1. The first-order valence-electron chi connectivity index (χ1n) is 9.57. The number of nitrogens with one attached hydrogen (secondary N) is 1. The standard InChI is InChI=1S/C22H22ClN3OS2/c23-19-13-17(6-7-20(19)26-8-10-28-11-9-26)24-21(27)14-18-15-29-22(25-18)12-16-4-2-1-3-5-16/h1-7,13,15H,8-12,14H2,(H,24,27). The molecule has 0 bridgehead atoms. The fourth-order valence-corrected chi connectivity index (χ4v) is 5.33. The van der Waals surface area contributed by atoms with E-state index < -0.39 is 0 Å². The lowest BCUT2D eigenvalue weighted by Crippen LogP contribution is -2.32. The van der Waals surface area contributed by atoms with Crippen LogP contribution >= 0.6 is 34.7 Å². The molecule has 0 spiro atoms. The summed E-state index contributed by atoms with van der Waals surface area (Å²) in [6, 6.07) is 16.0. The fraction of sp³-hybridized carbons (Fsp3) is 0.273. The van der Waals surface area contributed by atoms with Crippen LogP contribution in [0.5, 0.6) is 0 Å². The molecule has 1 N–H and O–H groups in total. The zero-order chi connectivity index (χ0) is 20.1. The lowest BCUT2D eigenvalue weighted by Gasteiger charge is -2.29. The predicted octanol–water partition coefficient (Wildman–Crippen LogP) is 5.12. The van der Waals surface area contributed by atoms with Crippen molar-refractivity contribution < 1.29 is 4.79 Å². The second-order valence-corrected chi connectivity index (χ2v) is 9.46. The largest absolute Gasteiger partial charge is 0.369 e. The van der Waals surface area contributed by atoms with Crippen LogP contribution in [0.4, 0.5) is 11.4 Å². The van der Waals surface area contributed by atoms with E-state index in [1.165, 1.54) is 5.56 Å². The maximum atomic E-state index is 12.4. The Morgan fingerprint density at radius 3 is 2.69 bits per heavy atom. The smallest absolute Gasteiger partial charge is 0.230 e. The molecule has 2 heterocycles. The van der Waals surface area contributed by atoms with Crippen LogP contribution in [0.2, 0.25) is 5.02 Å². The maximum Gasteiger partial charge on any atom is 0.230 e. The highest BCUT2D eigenvalue weighted by Crippen LogP contribution is 2.30. The minimum Gasteiger partial charge on any atom is -0.369 e. The number of nitrogens with zero attached hydrogens (tertiary/aromatic N) is 2. The Kier molecular flexibility index (Phi) is 6.74. The number of thiazole rings is 1. The molecule has 4 rings (SSSR count). The molecule has 0 aliphatic carbocycles. The van der Waals surface area contributed by atoms with E-state index in [1.54, 1.807) is 11.3 Å². The Bertz CT molecular complexity index is 971. The van der Waals surface area contributed by atoms with Gasteiger partial charge in [-0.3, -0.25) is 4.79 Å². The van der Waals surface area contributed by atoms with Crippen molar-refractivity contribution in [1.29, 1.82) is 0 Å². The summed E-state index contributed by atoms with van der Waals surface area (Å²) in [7, 11) is 0. The lowest BCUT2D eigenvalue weighted by molar-refractivity contribution is -0.115. The number of carbonyl (C=O) groups is 1. The molecule has 0 unspecified atom stereocenters. The van der Waals surface area contributed by atoms with Gasteiger partial charge in [-0.25, -0.2) is 4.98 Å². The van der Waals surface area contributed by atoms with Gasteiger partial charge in [-0.2, -0.15) is 11.8 Å². The van der Waals surface area contributed by atoms with Crippen molar-refractivity contribution in [3.05, 3.63) is 75.2 Å². The molecule has 0 atom stereocenters. The van der Waals surface area contributed by atoms with E-state index in [4.69, 9.17) is 11.6 Å². The number of aromatic nitrogens is 1. The number of thioether (sulfide) groups is 1. The van der Waals surface area contributed by atoms with Crippen LogP contribution in [0.15, 0.2) is 53.9 Å². The summed E-state index contributed by atoms with van der Waals surface area (Å²) in [5.41, 5.74) is 3.77. The van der Waals surface area contributed by atoms with Crippen molar-refractivity contribution in [2.45, 2.75) is 12.8 Å². The van der Waals surface area contributed by atoms with Crippen molar-refractivity contribution in [3.63, 3.8) is 0 Å². The van der Waals surface area contributed by atoms with Crippen LogP contribution in [-0.2, 0) is 17.6 Å². The van der Waals surface area contributed by atoms with Gasteiger partial charge in [0.2, 0.25) is 5.91 Å². The Balaban J connectivity index is 1.34. The number of hydrogen-bond acceptors (Lipinski definition) is 5. The number of anilines is 2. The van der Waals surface area contributed by atoms with E-state index in [9.17, 15) is 4.79 Å². The molecule has 1 aliphatic rings. The quantitative estimate of drug-likeness (QED) is 0.574. The first kappa shape index (κ1) is 20.3. The van der Waals surface area contributed by atoms with E-state index in [0.29, 0.717) is 5.02 Å². The number of halogens is 1. The molecule has 1 amide bonds. The Morgan fingerprint density at radius 1 is 1.14 bits per heavy atom. The molecule has 2 aromatic carbocycles. The van der Waals surface area contributed by atoms with Crippen molar-refractivity contribution >= 4 is 52.0 Å². The highest BCUT2D eigenvalue weighted by molar-refractivity contribution is 7.99. The second kappa shape index (κ2) is 9.65. The normalized spacial score (nSPS) is 14.0. The van der Waals surface area contributed by atoms with E-state index >= 15 is 0 Å². The summed E-state index contributed by atoms with van der Waals surface area (Å²) in [5, 5.41) is 6.59. The van der Waals surface area contributed by atoms with Crippen LogP contribution in [0.3, 0.4) is 0 Å². The Labute approximate surface area is 184 Å².